The molecule has 2 aromatic rings. The lowest BCUT2D eigenvalue weighted by Crippen LogP contribution is -2.25. The molecule has 1 aliphatic rings. The maximum atomic E-state index is 13.7. The summed E-state index contributed by atoms with van der Waals surface area (Å²) in [6.07, 6.45) is 5.80. The molecule has 0 spiro atoms. The summed E-state index contributed by atoms with van der Waals surface area (Å²) in [5.74, 6) is 0.482. The molecule has 0 amide bonds. The second kappa shape index (κ2) is 9.61. The second-order valence-electron chi connectivity index (χ2n) is 7.15. The normalized spacial score (nSPS) is 19.3. The van der Waals surface area contributed by atoms with Gasteiger partial charge in [-0.15, -0.1) is 0 Å². The number of rotatable bonds is 8. The van der Waals surface area contributed by atoms with Crippen LogP contribution in [0.25, 0.3) is 0 Å². The average molecular weight is 391 g/mol. The smallest absolute Gasteiger partial charge is 0.225 e. The first-order chi connectivity index (χ1) is 13.6. The molecule has 0 saturated heterocycles. The lowest BCUT2D eigenvalue weighted by Gasteiger charge is -2.28. The maximum Gasteiger partial charge on any atom is 0.225 e. The Bertz CT molecular complexity index is 783. The molecule has 1 aromatic carbocycles. The van der Waals surface area contributed by atoms with E-state index in [2.05, 4.69) is 20.6 Å². The van der Waals surface area contributed by atoms with Gasteiger partial charge in [0.1, 0.15) is 11.6 Å². The Morgan fingerprint density at radius 1 is 1.11 bits per heavy atom. The Hall–Kier alpha value is -2.52. The summed E-state index contributed by atoms with van der Waals surface area (Å²) in [7, 11) is 0. The first-order valence-corrected chi connectivity index (χ1v) is 9.46. The molecule has 0 unspecified atom stereocenters. The summed E-state index contributed by atoms with van der Waals surface area (Å²) >= 11 is 0. The van der Waals surface area contributed by atoms with E-state index in [1.807, 2.05) is 5.48 Å². The van der Waals surface area contributed by atoms with Gasteiger partial charge in [0.15, 0.2) is 5.82 Å². The Balaban J connectivity index is 1.60. The monoisotopic (exact) mass is 391 g/mol. The van der Waals surface area contributed by atoms with Gasteiger partial charge in [-0.1, -0.05) is 6.07 Å². The van der Waals surface area contributed by atoms with Crippen molar-refractivity contribution in [2.75, 3.05) is 29.2 Å². The highest BCUT2D eigenvalue weighted by atomic mass is 19.1. The molecular weight excluding hydrogens is 366 g/mol. The largest absolute Gasteiger partial charge is 0.761 e. The molecule has 1 aliphatic carbocycles. The number of halogens is 2. The van der Waals surface area contributed by atoms with Crippen LogP contribution in [-0.2, 0) is 6.54 Å². The molecule has 1 aromatic heterocycles. The molecule has 0 bridgehead atoms. The van der Waals surface area contributed by atoms with E-state index < -0.39 is 11.6 Å². The van der Waals surface area contributed by atoms with Crippen LogP contribution in [0.15, 0.2) is 24.4 Å². The molecule has 28 heavy (non-hydrogen) atoms. The number of anilines is 3. The molecule has 1 saturated carbocycles. The van der Waals surface area contributed by atoms with Crippen LogP contribution in [0.3, 0.4) is 0 Å². The van der Waals surface area contributed by atoms with Crippen molar-refractivity contribution in [3.8, 4) is 0 Å². The highest BCUT2D eigenvalue weighted by molar-refractivity contribution is 5.65. The summed E-state index contributed by atoms with van der Waals surface area (Å²) < 4.78 is 26.7. The van der Waals surface area contributed by atoms with Crippen molar-refractivity contribution >= 4 is 17.5 Å². The minimum Gasteiger partial charge on any atom is -0.761 e. The van der Waals surface area contributed by atoms with Gasteiger partial charge in [0.2, 0.25) is 5.95 Å². The van der Waals surface area contributed by atoms with Crippen LogP contribution in [0.1, 0.15) is 31.2 Å². The number of benzene rings is 1. The predicted octanol–water partition coefficient (Wildman–Crippen LogP) is 3.45. The summed E-state index contributed by atoms with van der Waals surface area (Å²) in [5.41, 5.74) is 8.10. The SMILES string of the molecule is NCC1CCC(CNc2nc(NCc3ccc(F)cc3F)ncc2N[O-])CC1. The minimum atomic E-state index is -0.642. The van der Waals surface area contributed by atoms with Crippen molar-refractivity contribution in [2.45, 2.75) is 32.2 Å². The Morgan fingerprint density at radius 2 is 1.86 bits per heavy atom. The first kappa shape index (κ1) is 20.2. The Labute approximate surface area is 162 Å². The number of nitrogens with two attached hydrogens (primary N) is 1. The van der Waals surface area contributed by atoms with Crippen molar-refractivity contribution in [3.63, 3.8) is 0 Å². The van der Waals surface area contributed by atoms with Gasteiger partial charge in [-0.2, -0.15) is 4.98 Å². The van der Waals surface area contributed by atoms with Gasteiger partial charge in [-0.3, -0.25) is 0 Å². The minimum absolute atomic E-state index is 0.0960. The fourth-order valence-electron chi connectivity index (χ4n) is 3.43. The zero-order valence-corrected chi connectivity index (χ0v) is 15.5. The molecule has 0 radical (unpaired) electrons. The maximum absolute atomic E-state index is 13.7. The lowest BCUT2D eigenvalue weighted by atomic mass is 9.82. The topological polar surface area (TPSA) is 111 Å². The van der Waals surface area contributed by atoms with E-state index >= 15 is 0 Å². The van der Waals surface area contributed by atoms with Crippen molar-refractivity contribution < 1.29 is 8.78 Å². The molecule has 5 N–H and O–H groups in total. The third kappa shape index (κ3) is 5.26. The fourth-order valence-corrected chi connectivity index (χ4v) is 3.43. The van der Waals surface area contributed by atoms with Crippen LogP contribution in [0, 0.1) is 28.7 Å². The van der Waals surface area contributed by atoms with E-state index in [9.17, 15) is 14.0 Å². The molecule has 1 heterocycles. The van der Waals surface area contributed by atoms with E-state index in [0.717, 1.165) is 38.3 Å². The van der Waals surface area contributed by atoms with Crippen LogP contribution in [0.4, 0.5) is 26.2 Å². The van der Waals surface area contributed by atoms with E-state index in [0.29, 0.717) is 29.8 Å². The van der Waals surface area contributed by atoms with E-state index in [1.165, 1.54) is 18.3 Å². The molecule has 152 valence electrons. The number of aromatic nitrogens is 2. The second-order valence-corrected chi connectivity index (χ2v) is 7.15. The molecule has 7 nitrogen and oxygen atoms in total. The Kier molecular flexibility index (Phi) is 6.94. The van der Waals surface area contributed by atoms with Crippen molar-refractivity contribution in [1.82, 2.24) is 9.97 Å². The van der Waals surface area contributed by atoms with Gasteiger partial charge in [-0.05, 0) is 50.1 Å². The van der Waals surface area contributed by atoms with Gasteiger partial charge >= 0.3 is 0 Å². The molecule has 0 aliphatic heterocycles. The number of hydrogen-bond donors (Lipinski definition) is 4. The van der Waals surface area contributed by atoms with E-state index in [4.69, 9.17) is 5.73 Å². The van der Waals surface area contributed by atoms with Gasteiger partial charge in [-0.25, -0.2) is 13.8 Å². The third-order valence-corrected chi connectivity index (χ3v) is 5.21. The van der Waals surface area contributed by atoms with Gasteiger partial charge < -0.3 is 27.1 Å². The number of nitrogens with zero attached hydrogens (tertiary/aromatic N) is 2. The van der Waals surface area contributed by atoms with Gasteiger partial charge in [0.25, 0.3) is 0 Å². The molecule has 1 fully saturated rings. The van der Waals surface area contributed by atoms with E-state index in [-0.39, 0.29) is 18.2 Å². The van der Waals surface area contributed by atoms with Crippen LogP contribution in [0.5, 0.6) is 0 Å². The van der Waals surface area contributed by atoms with E-state index in [1.54, 1.807) is 0 Å². The van der Waals surface area contributed by atoms with Crippen LogP contribution in [-0.4, -0.2) is 23.1 Å². The number of hydrogen-bond acceptors (Lipinski definition) is 7. The summed E-state index contributed by atoms with van der Waals surface area (Å²) in [6.45, 7) is 1.54. The lowest BCUT2D eigenvalue weighted by molar-refractivity contribution is 0.289. The van der Waals surface area contributed by atoms with Crippen molar-refractivity contribution in [3.05, 3.63) is 46.8 Å². The molecule has 3 rings (SSSR count). The molecule has 0 atom stereocenters. The summed E-state index contributed by atoms with van der Waals surface area (Å²) in [4.78, 5) is 8.36. The summed E-state index contributed by atoms with van der Waals surface area (Å²) in [5, 5.41) is 17.3. The van der Waals surface area contributed by atoms with Crippen LogP contribution < -0.4 is 21.8 Å². The highest BCUT2D eigenvalue weighted by Crippen LogP contribution is 2.29. The molecular formula is C19H25F2N6O-. The molecule has 9 heteroatoms. The van der Waals surface area contributed by atoms with Crippen molar-refractivity contribution in [1.29, 1.82) is 0 Å². The quantitative estimate of drug-likeness (QED) is 0.510. The van der Waals surface area contributed by atoms with Crippen molar-refractivity contribution in [2.24, 2.45) is 17.6 Å². The highest BCUT2D eigenvalue weighted by Gasteiger charge is 2.20. The fraction of sp³-hybridized carbons (Fsp3) is 0.474. The number of nitrogens with one attached hydrogen (secondary N) is 3. The summed E-state index contributed by atoms with van der Waals surface area (Å²) in [6, 6.07) is 3.38. The Morgan fingerprint density at radius 3 is 2.54 bits per heavy atom. The van der Waals surface area contributed by atoms with Crippen LogP contribution in [0.2, 0.25) is 0 Å². The zero-order valence-electron chi connectivity index (χ0n) is 15.5. The third-order valence-electron chi connectivity index (χ3n) is 5.21. The zero-order chi connectivity index (χ0) is 19.9. The van der Waals surface area contributed by atoms with Crippen LogP contribution >= 0.6 is 0 Å². The average Bonchev–Trinajstić information content (AvgIpc) is 2.72. The standard InChI is InChI=1S/C19H25F2N6O/c20-15-6-5-14(16(21)7-15)10-24-19-25-11-17(27-28)18(26-19)23-9-13-3-1-12(8-22)2-4-13/h5-7,11-13,27H,1-4,8-10,22H2,(H2,23,24,25,26)/q-1. The van der Waals surface area contributed by atoms with Gasteiger partial charge in [0, 0.05) is 24.7 Å². The first-order valence-electron chi connectivity index (χ1n) is 9.46. The van der Waals surface area contributed by atoms with Gasteiger partial charge in [0.05, 0.1) is 11.9 Å². The predicted molar refractivity (Wildman–Crippen MR) is 106 cm³/mol.